The lowest BCUT2D eigenvalue weighted by molar-refractivity contribution is -0.129. The van der Waals surface area contributed by atoms with Gasteiger partial charge in [0.1, 0.15) is 11.5 Å². The second-order valence-electron chi connectivity index (χ2n) is 6.82. The molecule has 0 saturated heterocycles. The Kier molecular flexibility index (Phi) is 10.6. The van der Waals surface area contributed by atoms with E-state index in [1.165, 1.54) is 0 Å². The third kappa shape index (κ3) is 7.57. The Hall–Kier alpha value is -1.87. The van der Waals surface area contributed by atoms with Gasteiger partial charge in [-0.3, -0.25) is 4.79 Å². The van der Waals surface area contributed by atoms with E-state index >= 15 is 0 Å². The molecule has 0 fully saturated rings. The molecule has 1 aromatic carbocycles. The highest BCUT2D eigenvalue weighted by Gasteiger charge is 2.28. The van der Waals surface area contributed by atoms with Crippen LogP contribution in [0, 0.1) is 11.8 Å². The highest BCUT2D eigenvalue weighted by molar-refractivity contribution is 5.81. The number of allylic oxidation sites excluding steroid dienone is 2. The number of carbonyl (C=O) groups excluding carboxylic acids is 1. The summed E-state index contributed by atoms with van der Waals surface area (Å²) in [6.45, 7) is 10.4. The summed E-state index contributed by atoms with van der Waals surface area (Å²) in [6, 6.07) is 7.84. The number of rotatable bonds is 13. The van der Waals surface area contributed by atoms with Crippen LogP contribution in [0.5, 0.6) is 5.75 Å². The molecule has 0 aromatic heterocycles. The third-order valence-corrected chi connectivity index (χ3v) is 4.70. The van der Waals surface area contributed by atoms with E-state index in [0.29, 0.717) is 13.0 Å². The Morgan fingerprint density at radius 1 is 1.19 bits per heavy atom. The SMILES string of the molecule is C=C/C=C\[C@@H](C)[C@@H](OCc1ccc(OC)cc1)[C@H](C)C(=O)CCCCC. The molecule has 1 aromatic rings. The largest absolute Gasteiger partial charge is 0.497 e. The molecule has 1 rings (SSSR count). The lowest BCUT2D eigenvalue weighted by Gasteiger charge is -2.27. The first-order valence-electron chi connectivity index (χ1n) is 9.59. The lowest BCUT2D eigenvalue weighted by atomic mass is 9.87. The molecule has 0 heterocycles. The minimum absolute atomic E-state index is 0.130. The van der Waals surface area contributed by atoms with Crippen molar-refractivity contribution >= 4 is 5.78 Å². The summed E-state index contributed by atoms with van der Waals surface area (Å²) in [7, 11) is 1.65. The van der Waals surface area contributed by atoms with E-state index < -0.39 is 0 Å². The lowest BCUT2D eigenvalue weighted by Crippen LogP contribution is -2.33. The van der Waals surface area contributed by atoms with Crippen LogP contribution in [-0.4, -0.2) is 19.0 Å². The fourth-order valence-corrected chi connectivity index (χ4v) is 2.99. The summed E-state index contributed by atoms with van der Waals surface area (Å²) >= 11 is 0. The van der Waals surface area contributed by atoms with Gasteiger partial charge in [0.25, 0.3) is 0 Å². The van der Waals surface area contributed by atoms with E-state index in [9.17, 15) is 4.79 Å². The van der Waals surface area contributed by atoms with E-state index in [0.717, 1.165) is 30.6 Å². The van der Waals surface area contributed by atoms with Crippen LogP contribution in [0.1, 0.15) is 52.0 Å². The average molecular weight is 359 g/mol. The van der Waals surface area contributed by atoms with Crippen LogP contribution in [0.2, 0.25) is 0 Å². The smallest absolute Gasteiger partial charge is 0.138 e. The van der Waals surface area contributed by atoms with Crippen molar-refractivity contribution in [3.05, 3.63) is 54.6 Å². The van der Waals surface area contributed by atoms with E-state index in [2.05, 4.69) is 26.5 Å². The maximum absolute atomic E-state index is 12.6. The molecule has 0 spiro atoms. The van der Waals surface area contributed by atoms with Gasteiger partial charge < -0.3 is 9.47 Å². The van der Waals surface area contributed by atoms with Crippen molar-refractivity contribution in [3.8, 4) is 5.75 Å². The first-order chi connectivity index (χ1) is 12.5. The van der Waals surface area contributed by atoms with Crippen LogP contribution >= 0.6 is 0 Å². The van der Waals surface area contributed by atoms with Crippen molar-refractivity contribution in [1.82, 2.24) is 0 Å². The molecule has 3 nitrogen and oxygen atoms in total. The highest BCUT2D eigenvalue weighted by atomic mass is 16.5. The number of hydrogen-bond acceptors (Lipinski definition) is 3. The number of ketones is 1. The molecule has 0 amide bonds. The van der Waals surface area contributed by atoms with Gasteiger partial charge in [0.05, 0.1) is 19.8 Å². The Morgan fingerprint density at radius 3 is 2.46 bits per heavy atom. The van der Waals surface area contributed by atoms with E-state index in [4.69, 9.17) is 9.47 Å². The van der Waals surface area contributed by atoms with E-state index in [-0.39, 0.29) is 23.7 Å². The van der Waals surface area contributed by atoms with Crippen molar-refractivity contribution in [3.63, 3.8) is 0 Å². The average Bonchev–Trinajstić information content (AvgIpc) is 2.66. The minimum atomic E-state index is -0.151. The second-order valence-corrected chi connectivity index (χ2v) is 6.82. The standard InChI is InChI=1S/C23H34O3/c1-6-8-10-12-22(24)19(4)23(18(3)11-9-7-2)26-17-20-13-15-21(25-5)16-14-20/h7,9,11,13-16,18-19,23H,2,6,8,10,12,17H2,1,3-5H3/b11-9-/t18-,19-,23-/m1/s1. The fraction of sp³-hybridized carbons (Fsp3) is 0.522. The molecule has 0 unspecified atom stereocenters. The van der Waals surface area contributed by atoms with Crippen molar-refractivity contribution in [2.45, 2.75) is 59.2 Å². The molecule has 26 heavy (non-hydrogen) atoms. The summed E-state index contributed by atoms with van der Waals surface area (Å²) in [4.78, 5) is 12.6. The van der Waals surface area contributed by atoms with Gasteiger partial charge in [0.2, 0.25) is 0 Å². The van der Waals surface area contributed by atoms with Gasteiger partial charge in [0, 0.05) is 18.3 Å². The second kappa shape index (κ2) is 12.5. The first-order valence-corrected chi connectivity index (χ1v) is 9.59. The molecule has 0 N–H and O–H groups in total. The molecule has 144 valence electrons. The summed E-state index contributed by atoms with van der Waals surface area (Å²) < 4.78 is 11.4. The quantitative estimate of drug-likeness (QED) is 0.333. The number of hydrogen-bond donors (Lipinski definition) is 0. The minimum Gasteiger partial charge on any atom is -0.497 e. The zero-order valence-electron chi connectivity index (χ0n) is 16.7. The molecule has 0 radical (unpaired) electrons. The molecule has 0 aliphatic carbocycles. The summed E-state index contributed by atoms with van der Waals surface area (Å²) in [5, 5.41) is 0. The fourth-order valence-electron chi connectivity index (χ4n) is 2.99. The monoisotopic (exact) mass is 358 g/mol. The number of Topliss-reactive ketones (excluding diaryl/α,β-unsaturated/α-hetero) is 1. The Bertz CT molecular complexity index is 559. The van der Waals surface area contributed by atoms with Gasteiger partial charge in [-0.2, -0.15) is 0 Å². The molecule has 0 aliphatic rings. The third-order valence-electron chi connectivity index (χ3n) is 4.70. The molecular weight excluding hydrogens is 324 g/mol. The normalized spacial score (nSPS) is 14.8. The molecular formula is C23H34O3. The van der Waals surface area contributed by atoms with Crippen LogP contribution in [0.25, 0.3) is 0 Å². The van der Waals surface area contributed by atoms with Crippen LogP contribution in [0.3, 0.4) is 0 Å². The van der Waals surface area contributed by atoms with Gasteiger partial charge in [-0.05, 0) is 24.1 Å². The van der Waals surface area contributed by atoms with Gasteiger partial charge >= 0.3 is 0 Å². The first kappa shape index (κ1) is 22.2. The number of benzene rings is 1. The topological polar surface area (TPSA) is 35.5 Å². The van der Waals surface area contributed by atoms with Gasteiger partial charge in [-0.25, -0.2) is 0 Å². The van der Waals surface area contributed by atoms with Gasteiger partial charge in [-0.1, -0.05) is 70.6 Å². The number of methoxy groups -OCH3 is 1. The summed E-state index contributed by atoms with van der Waals surface area (Å²) in [6.07, 6.45) is 9.40. The van der Waals surface area contributed by atoms with E-state index in [1.54, 1.807) is 13.2 Å². The predicted molar refractivity (Wildman–Crippen MR) is 108 cm³/mol. The van der Waals surface area contributed by atoms with E-state index in [1.807, 2.05) is 37.3 Å². The van der Waals surface area contributed by atoms with Crippen molar-refractivity contribution < 1.29 is 14.3 Å². The number of carbonyl (C=O) groups is 1. The number of ether oxygens (including phenoxy) is 2. The Morgan fingerprint density at radius 2 is 1.88 bits per heavy atom. The molecule has 3 heteroatoms. The van der Waals surface area contributed by atoms with Crippen molar-refractivity contribution in [2.24, 2.45) is 11.8 Å². The van der Waals surface area contributed by atoms with Crippen LogP contribution in [-0.2, 0) is 16.1 Å². The summed E-state index contributed by atoms with van der Waals surface area (Å²) in [5.41, 5.74) is 1.07. The Balaban J connectivity index is 2.77. The zero-order valence-corrected chi connectivity index (χ0v) is 16.7. The van der Waals surface area contributed by atoms with Gasteiger partial charge in [-0.15, -0.1) is 0 Å². The molecule has 0 aliphatic heterocycles. The van der Waals surface area contributed by atoms with Gasteiger partial charge in [0.15, 0.2) is 0 Å². The molecule has 0 bridgehead atoms. The van der Waals surface area contributed by atoms with Crippen molar-refractivity contribution in [2.75, 3.05) is 7.11 Å². The predicted octanol–water partition coefficient (Wildman–Crippen LogP) is 5.74. The summed E-state index contributed by atoms with van der Waals surface area (Å²) in [5.74, 6) is 1.12. The van der Waals surface area contributed by atoms with Crippen LogP contribution < -0.4 is 4.74 Å². The maximum atomic E-state index is 12.6. The molecule has 0 saturated carbocycles. The van der Waals surface area contributed by atoms with Crippen molar-refractivity contribution in [1.29, 1.82) is 0 Å². The number of unbranched alkanes of at least 4 members (excludes halogenated alkanes) is 2. The molecule has 3 atom stereocenters. The highest BCUT2D eigenvalue weighted by Crippen LogP contribution is 2.23. The van der Waals surface area contributed by atoms with Crippen LogP contribution in [0.4, 0.5) is 0 Å². The maximum Gasteiger partial charge on any atom is 0.138 e. The van der Waals surface area contributed by atoms with Crippen LogP contribution in [0.15, 0.2) is 49.1 Å². The Labute approximate surface area is 159 Å². The zero-order chi connectivity index (χ0) is 19.4.